The molecule has 0 saturated carbocycles. The van der Waals surface area contributed by atoms with E-state index < -0.39 is 6.17 Å². The van der Waals surface area contributed by atoms with Crippen molar-refractivity contribution in [3.8, 4) is 0 Å². The van der Waals surface area contributed by atoms with Crippen LogP contribution in [0.25, 0.3) is 0 Å². The van der Waals surface area contributed by atoms with Crippen LogP contribution < -0.4 is 10.6 Å². The highest BCUT2D eigenvalue weighted by Crippen LogP contribution is 2.14. The molecule has 0 unspecified atom stereocenters. The summed E-state index contributed by atoms with van der Waals surface area (Å²) in [4.78, 5) is 10.6. The van der Waals surface area contributed by atoms with Crippen molar-refractivity contribution in [1.29, 1.82) is 0 Å². The number of nitrogens with zero attached hydrogens (tertiary/aromatic N) is 3. The average molecular weight is 408 g/mol. The largest absolute Gasteiger partial charge is 0.498 e. The van der Waals surface area contributed by atoms with E-state index in [-0.39, 0.29) is 0 Å². The Bertz CT molecular complexity index is 670. The maximum atomic E-state index is 13.3. The van der Waals surface area contributed by atoms with E-state index in [2.05, 4.69) is 38.7 Å². The van der Waals surface area contributed by atoms with Gasteiger partial charge >= 0.3 is 0 Å². The Kier molecular flexibility index (Phi) is 11.4. The number of methoxy groups -OCH3 is 1. The number of likely N-dealkylation sites (N-methyl/N-ethyl adjacent to an activating group) is 1. The molecule has 0 aromatic heterocycles. The fourth-order valence-corrected chi connectivity index (χ4v) is 2.67. The molecule has 1 heterocycles. The smallest absolute Gasteiger partial charge is 0.224 e. The number of hydrogen-bond acceptors (Lipinski definition) is 4. The molecule has 1 atom stereocenters. The number of hydrogen-bond donors (Lipinski definition) is 2. The van der Waals surface area contributed by atoms with E-state index >= 15 is 0 Å². The van der Waals surface area contributed by atoms with Crippen LogP contribution in [0.1, 0.15) is 19.8 Å². The van der Waals surface area contributed by atoms with Gasteiger partial charge in [0, 0.05) is 45.5 Å². The van der Waals surface area contributed by atoms with Crippen molar-refractivity contribution in [2.75, 3.05) is 47.4 Å². The minimum atomic E-state index is -0.701. The van der Waals surface area contributed by atoms with E-state index in [9.17, 15) is 4.39 Å². The van der Waals surface area contributed by atoms with Gasteiger partial charge in [0.2, 0.25) is 5.96 Å². The first-order chi connectivity index (χ1) is 14.0. The van der Waals surface area contributed by atoms with Gasteiger partial charge in [0.25, 0.3) is 0 Å². The summed E-state index contributed by atoms with van der Waals surface area (Å²) in [6.45, 7) is 12.0. The predicted octanol–water partition coefficient (Wildman–Crippen LogP) is 2.76. The quantitative estimate of drug-likeness (QED) is 0.192. The zero-order valence-electron chi connectivity index (χ0n) is 18.0. The van der Waals surface area contributed by atoms with Crippen LogP contribution in [0.2, 0.25) is 0 Å². The summed E-state index contributed by atoms with van der Waals surface area (Å²) in [5.41, 5.74) is 0.653. The lowest BCUT2D eigenvalue weighted by molar-refractivity contribution is 0.172. The Morgan fingerprint density at radius 1 is 1.34 bits per heavy atom. The van der Waals surface area contributed by atoms with E-state index in [4.69, 9.17) is 9.47 Å². The molecule has 0 radical (unpaired) electrons. The van der Waals surface area contributed by atoms with Gasteiger partial charge < -0.3 is 25.0 Å². The number of nitrogens with one attached hydrogen (secondary N) is 2. The van der Waals surface area contributed by atoms with Gasteiger partial charge in [-0.2, -0.15) is 4.99 Å². The molecule has 0 aliphatic carbocycles. The second kappa shape index (κ2) is 13.5. The summed E-state index contributed by atoms with van der Waals surface area (Å²) in [7, 11) is 4.98. The number of rotatable bonds is 10. The highest BCUT2D eigenvalue weighted by atomic mass is 19.1. The number of likely N-dealkylation sites (tertiary alicyclic amines) is 1. The van der Waals surface area contributed by atoms with Crippen molar-refractivity contribution in [3.63, 3.8) is 0 Å². The first-order valence-corrected chi connectivity index (χ1v) is 9.68. The average Bonchev–Trinajstić information content (AvgIpc) is 3.16. The number of ether oxygens (including phenoxy) is 2. The fourth-order valence-electron chi connectivity index (χ4n) is 2.67. The molecule has 0 spiro atoms. The van der Waals surface area contributed by atoms with Crippen LogP contribution in [-0.2, 0) is 9.47 Å². The summed E-state index contributed by atoms with van der Waals surface area (Å²) in [6.07, 6.45) is 5.75. The molecule has 7 nitrogen and oxygen atoms in total. The van der Waals surface area contributed by atoms with Crippen LogP contribution in [0.5, 0.6) is 0 Å². The van der Waals surface area contributed by atoms with Crippen LogP contribution >= 0.6 is 0 Å². The third-order valence-electron chi connectivity index (χ3n) is 4.39. The van der Waals surface area contributed by atoms with Gasteiger partial charge in [0.15, 0.2) is 5.76 Å². The molecule has 2 N–H and O–H groups in total. The maximum Gasteiger partial charge on any atom is 0.224 e. The summed E-state index contributed by atoms with van der Waals surface area (Å²) < 4.78 is 24.5. The van der Waals surface area contributed by atoms with Gasteiger partial charge in [0.1, 0.15) is 17.8 Å². The monoisotopic (exact) mass is 407 g/mol. The first kappa shape index (κ1) is 24.4. The highest BCUT2D eigenvalue weighted by Gasteiger charge is 2.20. The minimum absolute atomic E-state index is 0.393. The van der Waals surface area contributed by atoms with Gasteiger partial charge in [-0.1, -0.05) is 13.2 Å². The zero-order chi connectivity index (χ0) is 21.6. The summed E-state index contributed by atoms with van der Waals surface area (Å²) in [5.74, 6) is 2.19. The van der Waals surface area contributed by atoms with Crippen molar-refractivity contribution in [2.45, 2.75) is 25.9 Å². The van der Waals surface area contributed by atoms with E-state index in [0.29, 0.717) is 48.6 Å². The number of aliphatic imine (C=N–C) groups is 2. The second-order valence-electron chi connectivity index (χ2n) is 6.44. The van der Waals surface area contributed by atoms with Gasteiger partial charge in [0.05, 0.1) is 13.7 Å². The van der Waals surface area contributed by atoms with Crippen LogP contribution in [-0.4, -0.2) is 70.3 Å². The lowest BCUT2D eigenvalue weighted by Gasteiger charge is -2.16. The van der Waals surface area contributed by atoms with Gasteiger partial charge in [-0.05, 0) is 31.9 Å². The Labute approximate surface area is 173 Å². The topological polar surface area (TPSA) is 70.5 Å². The number of guanidine groups is 1. The van der Waals surface area contributed by atoms with Crippen LogP contribution in [0, 0.1) is 0 Å². The molecule has 0 bridgehead atoms. The third-order valence-corrected chi connectivity index (χ3v) is 4.39. The van der Waals surface area contributed by atoms with Crippen LogP contribution in [0.4, 0.5) is 4.39 Å². The van der Waals surface area contributed by atoms with Crippen molar-refractivity contribution < 1.29 is 13.9 Å². The van der Waals surface area contributed by atoms with Crippen molar-refractivity contribution >= 4 is 11.8 Å². The summed E-state index contributed by atoms with van der Waals surface area (Å²) >= 11 is 0. The molecule has 0 aromatic carbocycles. The number of amidine groups is 1. The number of alkyl halides is 1. The summed E-state index contributed by atoms with van der Waals surface area (Å²) in [5, 5.41) is 6.02. The molecule has 1 aliphatic heterocycles. The lowest BCUT2D eigenvalue weighted by Crippen LogP contribution is -2.25. The van der Waals surface area contributed by atoms with Gasteiger partial charge in [-0.3, -0.25) is 4.99 Å². The third kappa shape index (κ3) is 8.95. The second-order valence-corrected chi connectivity index (χ2v) is 6.44. The predicted molar refractivity (Wildman–Crippen MR) is 118 cm³/mol. The molecule has 1 rings (SSSR count). The van der Waals surface area contributed by atoms with Gasteiger partial charge in [-0.25, -0.2) is 4.39 Å². The number of allylic oxidation sites excluding steroid dienone is 3. The molecule has 1 fully saturated rings. The van der Waals surface area contributed by atoms with E-state index in [0.717, 1.165) is 19.5 Å². The Balaban J connectivity index is 2.76. The van der Waals surface area contributed by atoms with Crippen molar-refractivity contribution in [2.24, 2.45) is 9.98 Å². The van der Waals surface area contributed by atoms with E-state index in [1.165, 1.54) is 0 Å². The van der Waals surface area contributed by atoms with E-state index in [1.807, 2.05) is 6.92 Å². The molecule has 1 aliphatic rings. The standard InChI is InChI=1S/C21H34FN5O2/c1-7-18(25-21(24-5)26-20(8-2)23-4)14-19(16(3)28-6)29-13-9-11-27-12-10-17(22)15-27/h7-8,14,17H,1-2,9-13,15H2,3-6H3,(H2,23,24,25,26)/b18-14+,19-16-/t17-/m1/s1. The Hall–Kier alpha value is -2.61. The van der Waals surface area contributed by atoms with Crippen molar-refractivity contribution in [1.82, 2.24) is 15.5 Å². The zero-order valence-corrected chi connectivity index (χ0v) is 18.0. The fraction of sp³-hybridized carbons (Fsp3) is 0.524. The Morgan fingerprint density at radius 3 is 2.62 bits per heavy atom. The molecule has 1 saturated heterocycles. The molecular weight excluding hydrogens is 373 g/mol. The SMILES string of the molecule is C=C/C(=C\C(OCCCN1CC[C@@H](F)C1)=C(/C)OC)NC(=N/C)/N=C(\C=C)NC. The molecule has 0 aromatic rings. The Morgan fingerprint density at radius 2 is 2.10 bits per heavy atom. The minimum Gasteiger partial charge on any atom is -0.498 e. The molecular formula is C21H34FN5O2. The molecule has 29 heavy (non-hydrogen) atoms. The van der Waals surface area contributed by atoms with E-state index in [1.54, 1.807) is 39.4 Å². The van der Waals surface area contributed by atoms with Crippen molar-refractivity contribution in [3.05, 3.63) is 48.6 Å². The highest BCUT2D eigenvalue weighted by molar-refractivity contribution is 6.01. The lowest BCUT2D eigenvalue weighted by atomic mass is 10.3. The molecule has 0 amide bonds. The van der Waals surface area contributed by atoms with Crippen LogP contribution in [0.15, 0.2) is 58.6 Å². The maximum absolute atomic E-state index is 13.3. The molecule has 8 heteroatoms. The normalized spacial score (nSPS) is 19.5. The first-order valence-electron chi connectivity index (χ1n) is 9.68. The summed E-state index contributed by atoms with van der Waals surface area (Å²) in [6, 6.07) is 0. The van der Waals surface area contributed by atoms with Gasteiger partial charge in [-0.15, -0.1) is 0 Å². The number of halogens is 1. The molecule has 162 valence electrons. The van der Waals surface area contributed by atoms with Crippen LogP contribution in [0.3, 0.4) is 0 Å².